The van der Waals surface area contributed by atoms with Crippen molar-refractivity contribution in [2.24, 2.45) is 10.8 Å². The molecule has 0 unspecified atom stereocenters. The first-order chi connectivity index (χ1) is 9.63. The summed E-state index contributed by atoms with van der Waals surface area (Å²) in [6.45, 7) is 1.74. The maximum absolute atomic E-state index is 12.1. The first kappa shape index (κ1) is 12.7. The lowest BCUT2D eigenvalue weighted by atomic mass is 10.2. The highest BCUT2D eigenvalue weighted by molar-refractivity contribution is 6.01. The Kier molecular flexibility index (Phi) is 3.17. The van der Waals surface area contributed by atoms with Gasteiger partial charge in [-0.3, -0.25) is 9.59 Å². The van der Waals surface area contributed by atoms with Gasteiger partial charge in [-0.15, -0.1) is 0 Å². The SMILES string of the molecule is NC1=CN2CC(=O)N(CC(=O)N3CCCC3)N=C2C=C1. The molecule has 2 amide bonds. The third-order valence-corrected chi connectivity index (χ3v) is 3.58. The molecule has 0 saturated carbocycles. The van der Waals surface area contributed by atoms with Gasteiger partial charge >= 0.3 is 0 Å². The van der Waals surface area contributed by atoms with Crippen molar-refractivity contribution in [3.05, 3.63) is 24.0 Å². The van der Waals surface area contributed by atoms with Gasteiger partial charge in [-0.2, -0.15) is 5.10 Å². The highest BCUT2D eigenvalue weighted by Crippen LogP contribution is 2.14. The van der Waals surface area contributed by atoms with E-state index >= 15 is 0 Å². The number of nitrogens with zero attached hydrogens (tertiary/aromatic N) is 4. The summed E-state index contributed by atoms with van der Waals surface area (Å²) in [5.41, 5.74) is 6.26. The van der Waals surface area contributed by atoms with Crippen molar-refractivity contribution in [1.29, 1.82) is 0 Å². The Labute approximate surface area is 117 Å². The van der Waals surface area contributed by atoms with E-state index in [9.17, 15) is 9.59 Å². The van der Waals surface area contributed by atoms with Crippen LogP contribution in [0.4, 0.5) is 0 Å². The molecule has 3 heterocycles. The van der Waals surface area contributed by atoms with Crippen molar-refractivity contribution < 1.29 is 9.59 Å². The standard InChI is InChI=1S/C13H17N5O2/c14-10-3-4-11-15-18(13(20)8-17(11)7-10)9-12(19)16-5-1-2-6-16/h3-4,7H,1-2,5-6,8-9,14H2. The van der Waals surface area contributed by atoms with Gasteiger partial charge in [-0.05, 0) is 25.0 Å². The van der Waals surface area contributed by atoms with E-state index in [4.69, 9.17) is 5.73 Å². The number of carbonyl (C=O) groups excluding carboxylic acids is 2. The fourth-order valence-electron chi connectivity index (χ4n) is 2.50. The molecule has 2 N–H and O–H groups in total. The predicted octanol–water partition coefficient (Wildman–Crippen LogP) is -0.564. The minimum atomic E-state index is -0.194. The average molecular weight is 275 g/mol. The van der Waals surface area contributed by atoms with Crippen LogP contribution in [-0.2, 0) is 9.59 Å². The van der Waals surface area contributed by atoms with Crippen molar-refractivity contribution in [3.8, 4) is 0 Å². The maximum Gasteiger partial charge on any atom is 0.263 e. The van der Waals surface area contributed by atoms with E-state index in [1.165, 1.54) is 5.01 Å². The number of hydrogen-bond donors (Lipinski definition) is 1. The number of allylic oxidation sites excluding steroid dienone is 1. The second-order valence-corrected chi connectivity index (χ2v) is 5.09. The molecule has 0 aliphatic carbocycles. The molecule has 3 aliphatic rings. The van der Waals surface area contributed by atoms with Crippen molar-refractivity contribution in [3.63, 3.8) is 0 Å². The number of fused-ring (bicyclic) bond motifs is 1. The third kappa shape index (κ3) is 2.38. The smallest absolute Gasteiger partial charge is 0.263 e. The van der Waals surface area contributed by atoms with Crippen LogP contribution in [0, 0.1) is 0 Å². The molecule has 7 heteroatoms. The molecule has 0 aromatic heterocycles. The Morgan fingerprint density at radius 3 is 2.80 bits per heavy atom. The summed E-state index contributed by atoms with van der Waals surface area (Å²) in [6, 6.07) is 0. The number of hydrogen-bond acceptors (Lipinski definition) is 5. The number of nitrogens with two attached hydrogens (primary N) is 1. The molecule has 0 radical (unpaired) electrons. The van der Waals surface area contributed by atoms with Crippen molar-refractivity contribution in [2.75, 3.05) is 26.2 Å². The Bertz CT molecular complexity index is 531. The largest absolute Gasteiger partial charge is 0.398 e. The highest BCUT2D eigenvalue weighted by atomic mass is 16.2. The first-order valence-corrected chi connectivity index (χ1v) is 6.72. The molecule has 7 nitrogen and oxygen atoms in total. The Morgan fingerprint density at radius 2 is 2.05 bits per heavy atom. The number of likely N-dealkylation sites (tertiary alicyclic amines) is 1. The van der Waals surface area contributed by atoms with Crippen LogP contribution in [0.15, 0.2) is 29.2 Å². The van der Waals surface area contributed by atoms with E-state index < -0.39 is 0 Å². The van der Waals surface area contributed by atoms with Gasteiger partial charge in [0.25, 0.3) is 5.91 Å². The summed E-state index contributed by atoms with van der Waals surface area (Å²) in [5, 5.41) is 5.48. The Hall–Kier alpha value is -2.31. The molecule has 0 aromatic carbocycles. The van der Waals surface area contributed by atoms with Gasteiger partial charge in [0, 0.05) is 25.0 Å². The van der Waals surface area contributed by atoms with Crippen LogP contribution < -0.4 is 5.73 Å². The van der Waals surface area contributed by atoms with Crippen molar-refractivity contribution in [1.82, 2.24) is 14.8 Å². The third-order valence-electron chi connectivity index (χ3n) is 3.58. The topological polar surface area (TPSA) is 82.2 Å². The van der Waals surface area contributed by atoms with E-state index in [0.717, 1.165) is 25.9 Å². The van der Waals surface area contributed by atoms with Crippen LogP contribution in [-0.4, -0.2) is 58.6 Å². The normalized spacial score (nSPS) is 21.8. The summed E-state index contributed by atoms with van der Waals surface area (Å²) < 4.78 is 0. The zero-order valence-electron chi connectivity index (χ0n) is 11.2. The summed E-state index contributed by atoms with van der Waals surface area (Å²) >= 11 is 0. The van der Waals surface area contributed by atoms with E-state index in [1.54, 1.807) is 28.2 Å². The van der Waals surface area contributed by atoms with Crippen LogP contribution in [0.1, 0.15) is 12.8 Å². The van der Waals surface area contributed by atoms with Crippen molar-refractivity contribution in [2.45, 2.75) is 12.8 Å². The summed E-state index contributed by atoms with van der Waals surface area (Å²) in [7, 11) is 0. The molecule has 1 saturated heterocycles. The fourth-order valence-corrected chi connectivity index (χ4v) is 2.50. The van der Waals surface area contributed by atoms with Gasteiger partial charge in [0.15, 0.2) is 5.84 Å². The monoisotopic (exact) mass is 275 g/mol. The molecular formula is C13H17N5O2. The molecule has 3 rings (SSSR count). The van der Waals surface area contributed by atoms with Crippen LogP contribution in [0.25, 0.3) is 0 Å². The van der Waals surface area contributed by atoms with Crippen LogP contribution in [0.3, 0.4) is 0 Å². The van der Waals surface area contributed by atoms with Gasteiger partial charge in [-0.25, -0.2) is 5.01 Å². The molecule has 0 bridgehead atoms. The minimum absolute atomic E-state index is 0.0171. The number of rotatable bonds is 2. The van der Waals surface area contributed by atoms with Gasteiger partial charge in [0.2, 0.25) is 5.91 Å². The second kappa shape index (κ2) is 4.99. The van der Waals surface area contributed by atoms with E-state index in [0.29, 0.717) is 11.5 Å². The van der Waals surface area contributed by atoms with Gasteiger partial charge in [-0.1, -0.05) is 0 Å². The second-order valence-electron chi connectivity index (χ2n) is 5.09. The highest BCUT2D eigenvalue weighted by Gasteiger charge is 2.29. The van der Waals surface area contributed by atoms with Crippen LogP contribution >= 0.6 is 0 Å². The van der Waals surface area contributed by atoms with Crippen LogP contribution in [0.5, 0.6) is 0 Å². The molecule has 106 valence electrons. The molecule has 0 aromatic rings. The summed E-state index contributed by atoms with van der Waals surface area (Å²) in [6.07, 6.45) is 7.22. The predicted molar refractivity (Wildman–Crippen MR) is 73.1 cm³/mol. The lowest BCUT2D eigenvalue weighted by Crippen LogP contribution is -2.48. The number of carbonyl (C=O) groups is 2. The quantitative estimate of drug-likeness (QED) is 0.732. The van der Waals surface area contributed by atoms with E-state index in [2.05, 4.69) is 5.10 Å². The van der Waals surface area contributed by atoms with Crippen LogP contribution in [0.2, 0.25) is 0 Å². The van der Waals surface area contributed by atoms with Gasteiger partial charge in [0.1, 0.15) is 13.1 Å². The van der Waals surface area contributed by atoms with E-state index in [1.807, 2.05) is 0 Å². The number of amides is 2. The van der Waals surface area contributed by atoms with E-state index in [-0.39, 0.29) is 24.9 Å². The van der Waals surface area contributed by atoms with Gasteiger partial charge < -0.3 is 15.5 Å². The zero-order chi connectivity index (χ0) is 14.1. The first-order valence-electron chi connectivity index (χ1n) is 6.72. The Balaban J connectivity index is 1.71. The summed E-state index contributed by atoms with van der Waals surface area (Å²) in [4.78, 5) is 27.6. The van der Waals surface area contributed by atoms with Gasteiger partial charge in [0.05, 0.1) is 0 Å². The molecule has 0 spiro atoms. The lowest BCUT2D eigenvalue weighted by molar-refractivity contribution is -0.140. The minimum Gasteiger partial charge on any atom is -0.398 e. The molecular weight excluding hydrogens is 258 g/mol. The molecule has 1 fully saturated rings. The van der Waals surface area contributed by atoms with Crippen molar-refractivity contribution >= 4 is 17.6 Å². The Morgan fingerprint density at radius 1 is 1.30 bits per heavy atom. The number of hydrazone groups is 1. The zero-order valence-corrected chi connectivity index (χ0v) is 11.2. The lowest BCUT2D eigenvalue weighted by Gasteiger charge is -2.32. The maximum atomic E-state index is 12.1. The fraction of sp³-hybridized carbons (Fsp3) is 0.462. The molecule has 20 heavy (non-hydrogen) atoms. The molecule has 0 atom stereocenters. The summed E-state index contributed by atoms with van der Waals surface area (Å²) in [5.74, 6) is 0.400. The number of amidine groups is 1. The average Bonchev–Trinajstić information content (AvgIpc) is 2.94. The molecule has 3 aliphatic heterocycles.